The molecule has 0 radical (unpaired) electrons. The molecular formula is C15H16ClNO2S. The zero-order chi connectivity index (χ0) is 14.5. The topological polar surface area (TPSA) is 49.3 Å². The van der Waals surface area contributed by atoms with E-state index in [-0.39, 0.29) is 18.4 Å². The Morgan fingerprint density at radius 1 is 1.30 bits per heavy atom. The van der Waals surface area contributed by atoms with Crippen molar-refractivity contribution in [1.29, 1.82) is 0 Å². The minimum Gasteiger partial charge on any atom is -0.388 e. The summed E-state index contributed by atoms with van der Waals surface area (Å²) in [5, 5.41) is 12.9. The molecule has 2 rings (SSSR count). The van der Waals surface area contributed by atoms with Crippen molar-refractivity contribution in [3.05, 3.63) is 57.2 Å². The molecule has 0 aliphatic heterocycles. The minimum atomic E-state index is -0.782. The first-order chi connectivity index (χ1) is 9.56. The summed E-state index contributed by atoms with van der Waals surface area (Å²) >= 11 is 7.31. The summed E-state index contributed by atoms with van der Waals surface area (Å²) in [5.74, 6) is -0.182. The van der Waals surface area contributed by atoms with Gasteiger partial charge in [-0.2, -0.15) is 0 Å². The smallest absolute Gasteiger partial charge is 0.223 e. The molecule has 0 aliphatic rings. The first-order valence-corrected chi connectivity index (χ1v) is 7.53. The minimum absolute atomic E-state index is 0.0491. The number of benzene rings is 1. The van der Waals surface area contributed by atoms with Gasteiger partial charge < -0.3 is 10.4 Å². The Bertz CT molecular complexity index is 570. The molecule has 1 amide bonds. The highest BCUT2D eigenvalue weighted by Gasteiger charge is 2.16. The van der Waals surface area contributed by atoms with Crippen LogP contribution in [-0.4, -0.2) is 11.0 Å². The summed E-state index contributed by atoms with van der Waals surface area (Å²) in [5.41, 5.74) is 0.745. The lowest BCUT2D eigenvalue weighted by atomic mass is 10.1. The van der Waals surface area contributed by atoms with E-state index in [1.54, 1.807) is 12.1 Å². The Hall–Kier alpha value is -1.36. The predicted molar refractivity (Wildman–Crippen MR) is 81.9 cm³/mol. The highest BCUT2D eigenvalue weighted by atomic mass is 35.5. The monoisotopic (exact) mass is 309 g/mol. The zero-order valence-electron chi connectivity index (χ0n) is 11.0. The molecule has 2 unspecified atom stereocenters. The lowest BCUT2D eigenvalue weighted by Gasteiger charge is -2.15. The van der Waals surface area contributed by atoms with Gasteiger partial charge in [0.1, 0.15) is 0 Å². The molecular weight excluding hydrogens is 294 g/mol. The number of amides is 1. The molecule has 3 nitrogen and oxygen atoms in total. The number of aliphatic hydroxyl groups excluding tert-OH is 1. The van der Waals surface area contributed by atoms with Gasteiger partial charge in [0, 0.05) is 4.88 Å². The number of thiophene rings is 1. The molecule has 2 N–H and O–H groups in total. The summed E-state index contributed by atoms with van der Waals surface area (Å²) in [6, 6.07) is 12.8. The van der Waals surface area contributed by atoms with Crippen LogP contribution in [-0.2, 0) is 4.79 Å². The van der Waals surface area contributed by atoms with E-state index in [1.807, 2.05) is 37.3 Å². The van der Waals surface area contributed by atoms with Gasteiger partial charge in [0.15, 0.2) is 0 Å². The van der Waals surface area contributed by atoms with Gasteiger partial charge in [-0.3, -0.25) is 4.79 Å². The molecule has 0 fully saturated rings. The van der Waals surface area contributed by atoms with Crippen LogP contribution in [0.15, 0.2) is 42.5 Å². The fourth-order valence-corrected chi connectivity index (χ4v) is 2.96. The van der Waals surface area contributed by atoms with Gasteiger partial charge in [-0.1, -0.05) is 41.9 Å². The molecule has 0 spiro atoms. The van der Waals surface area contributed by atoms with Crippen molar-refractivity contribution in [2.24, 2.45) is 0 Å². The number of carbonyl (C=O) groups is 1. The first-order valence-electron chi connectivity index (χ1n) is 6.34. The Balaban J connectivity index is 1.89. The van der Waals surface area contributed by atoms with Gasteiger partial charge in [0.05, 0.1) is 22.9 Å². The second kappa shape index (κ2) is 6.88. The standard InChI is InChI=1S/C15H16ClNO2S/c1-10(13-7-8-14(16)20-13)17-15(19)9-12(18)11-5-3-2-4-6-11/h2-8,10,12,18H,9H2,1H3,(H,17,19). The lowest BCUT2D eigenvalue weighted by molar-refractivity contribution is -0.123. The van der Waals surface area contributed by atoms with Gasteiger partial charge in [0.25, 0.3) is 0 Å². The van der Waals surface area contributed by atoms with Gasteiger partial charge >= 0.3 is 0 Å². The Morgan fingerprint density at radius 2 is 2.00 bits per heavy atom. The number of rotatable bonds is 5. The van der Waals surface area contributed by atoms with Crippen molar-refractivity contribution in [1.82, 2.24) is 5.32 Å². The van der Waals surface area contributed by atoms with Crippen molar-refractivity contribution in [2.45, 2.75) is 25.5 Å². The third-order valence-electron chi connectivity index (χ3n) is 2.96. The molecule has 0 saturated carbocycles. The Morgan fingerprint density at radius 3 is 2.60 bits per heavy atom. The number of hydrogen-bond acceptors (Lipinski definition) is 3. The van der Waals surface area contributed by atoms with Crippen LogP contribution in [0.25, 0.3) is 0 Å². The highest BCUT2D eigenvalue weighted by Crippen LogP contribution is 2.27. The average Bonchev–Trinajstić information content (AvgIpc) is 2.86. The summed E-state index contributed by atoms with van der Waals surface area (Å²) in [6.45, 7) is 1.90. The molecule has 1 aromatic carbocycles. The number of aliphatic hydroxyl groups is 1. The molecule has 106 valence electrons. The average molecular weight is 310 g/mol. The number of carbonyl (C=O) groups excluding carboxylic acids is 1. The normalized spacial score (nSPS) is 13.8. The zero-order valence-corrected chi connectivity index (χ0v) is 12.6. The summed E-state index contributed by atoms with van der Waals surface area (Å²) in [7, 11) is 0. The van der Waals surface area contributed by atoms with Crippen LogP contribution < -0.4 is 5.32 Å². The maximum atomic E-state index is 11.9. The molecule has 20 heavy (non-hydrogen) atoms. The van der Waals surface area contributed by atoms with Crippen LogP contribution in [0, 0.1) is 0 Å². The molecule has 5 heteroatoms. The third-order valence-corrected chi connectivity index (χ3v) is 4.38. The van der Waals surface area contributed by atoms with E-state index in [9.17, 15) is 9.90 Å². The van der Waals surface area contributed by atoms with Crippen LogP contribution >= 0.6 is 22.9 Å². The highest BCUT2D eigenvalue weighted by molar-refractivity contribution is 7.16. The summed E-state index contributed by atoms with van der Waals surface area (Å²) in [4.78, 5) is 12.9. The number of hydrogen-bond donors (Lipinski definition) is 2. The Kier molecular flexibility index (Phi) is 5.17. The van der Waals surface area contributed by atoms with Crippen LogP contribution in [0.5, 0.6) is 0 Å². The van der Waals surface area contributed by atoms with Crippen molar-refractivity contribution in [3.8, 4) is 0 Å². The molecule has 2 atom stereocenters. The number of halogens is 1. The van der Waals surface area contributed by atoms with E-state index in [4.69, 9.17) is 11.6 Å². The SMILES string of the molecule is CC(NC(=O)CC(O)c1ccccc1)c1ccc(Cl)s1. The van der Waals surface area contributed by atoms with Gasteiger partial charge in [-0.05, 0) is 24.6 Å². The van der Waals surface area contributed by atoms with Crippen molar-refractivity contribution >= 4 is 28.8 Å². The largest absolute Gasteiger partial charge is 0.388 e. The van der Waals surface area contributed by atoms with E-state index < -0.39 is 6.10 Å². The van der Waals surface area contributed by atoms with Gasteiger partial charge in [0.2, 0.25) is 5.91 Å². The maximum absolute atomic E-state index is 11.9. The lowest BCUT2D eigenvalue weighted by Crippen LogP contribution is -2.27. The van der Waals surface area contributed by atoms with Crippen LogP contribution in [0.4, 0.5) is 0 Å². The first kappa shape index (κ1) is 15.0. The van der Waals surface area contributed by atoms with Crippen molar-refractivity contribution in [3.63, 3.8) is 0 Å². The van der Waals surface area contributed by atoms with Gasteiger partial charge in [-0.25, -0.2) is 0 Å². The second-order valence-corrected chi connectivity index (χ2v) is 6.31. The van der Waals surface area contributed by atoms with Crippen molar-refractivity contribution in [2.75, 3.05) is 0 Å². The third kappa shape index (κ3) is 4.07. The summed E-state index contributed by atoms with van der Waals surface area (Å²) < 4.78 is 0.699. The fourth-order valence-electron chi connectivity index (χ4n) is 1.90. The van der Waals surface area contributed by atoms with Crippen LogP contribution in [0.1, 0.15) is 35.9 Å². The Labute approximate surface area is 127 Å². The maximum Gasteiger partial charge on any atom is 0.223 e. The van der Waals surface area contributed by atoms with Crippen LogP contribution in [0.2, 0.25) is 4.34 Å². The molecule has 0 saturated heterocycles. The molecule has 0 bridgehead atoms. The van der Waals surface area contributed by atoms with E-state index in [1.165, 1.54) is 11.3 Å². The number of nitrogens with one attached hydrogen (secondary N) is 1. The molecule has 0 aliphatic carbocycles. The van der Waals surface area contributed by atoms with Crippen molar-refractivity contribution < 1.29 is 9.90 Å². The van der Waals surface area contributed by atoms with E-state index in [0.717, 1.165) is 10.4 Å². The predicted octanol–water partition coefficient (Wildman–Crippen LogP) is 3.70. The fraction of sp³-hybridized carbons (Fsp3) is 0.267. The van der Waals surface area contributed by atoms with Crippen LogP contribution in [0.3, 0.4) is 0 Å². The summed E-state index contributed by atoms with van der Waals surface area (Å²) in [6.07, 6.45) is -0.733. The molecule has 1 aromatic heterocycles. The molecule has 1 heterocycles. The van der Waals surface area contributed by atoms with E-state index in [0.29, 0.717) is 4.34 Å². The molecule has 2 aromatic rings. The van der Waals surface area contributed by atoms with Gasteiger partial charge in [-0.15, -0.1) is 11.3 Å². The second-order valence-electron chi connectivity index (χ2n) is 4.56. The van der Waals surface area contributed by atoms with E-state index in [2.05, 4.69) is 5.32 Å². The van der Waals surface area contributed by atoms with E-state index >= 15 is 0 Å². The quantitative estimate of drug-likeness (QED) is 0.884.